The molecule has 9 aromatic rings. The van der Waals surface area contributed by atoms with Crippen molar-refractivity contribution in [1.82, 2.24) is 0 Å². The van der Waals surface area contributed by atoms with Gasteiger partial charge in [-0.15, -0.1) is 0 Å². The molecule has 0 spiro atoms. The van der Waals surface area contributed by atoms with E-state index in [9.17, 15) is 0 Å². The summed E-state index contributed by atoms with van der Waals surface area (Å²) >= 11 is 0. The van der Waals surface area contributed by atoms with E-state index in [2.05, 4.69) is 170 Å². The molecular weight excluding hydrogens is 544 g/mol. The lowest BCUT2D eigenvalue weighted by Gasteiger charge is -2.17. The number of fused-ring (bicyclic) bond motifs is 5. The molecule has 0 N–H and O–H groups in total. The van der Waals surface area contributed by atoms with Gasteiger partial charge in [-0.25, -0.2) is 0 Å². The van der Waals surface area contributed by atoms with Gasteiger partial charge in [-0.05, 0) is 55.4 Å². The fraction of sp³-hybridized carbons (Fsp3) is 0. The zero-order chi connectivity index (χ0) is 29.7. The van der Waals surface area contributed by atoms with Crippen molar-refractivity contribution in [1.29, 1.82) is 0 Å². The lowest BCUT2D eigenvalue weighted by molar-refractivity contribution is 0.671. The average Bonchev–Trinajstić information content (AvgIpc) is 3.51. The van der Waals surface area contributed by atoms with Crippen LogP contribution in [0.5, 0.6) is 0 Å². The van der Waals surface area contributed by atoms with Gasteiger partial charge in [0.15, 0.2) is 0 Å². The first kappa shape index (κ1) is 25.6. The molecule has 8 aromatic carbocycles. The molecule has 1 heteroatoms. The molecule has 0 bridgehead atoms. The molecule has 45 heavy (non-hydrogen) atoms. The molecule has 0 amide bonds. The van der Waals surface area contributed by atoms with Gasteiger partial charge in [-0.2, -0.15) is 0 Å². The maximum atomic E-state index is 6.95. The first-order chi connectivity index (χ1) is 22.3. The molecule has 1 aromatic heterocycles. The van der Waals surface area contributed by atoms with Gasteiger partial charge in [-0.3, -0.25) is 0 Å². The Balaban J connectivity index is 1.43. The van der Waals surface area contributed by atoms with Crippen LogP contribution in [0, 0.1) is 0 Å². The van der Waals surface area contributed by atoms with E-state index in [-0.39, 0.29) is 0 Å². The molecule has 0 aliphatic rings. The summed E-state index contributed by atoms with van der Waals surface area (Å²) in [5, 5.41) is 7.15. The first-order valence-electron chi connectivity index (χ1n) is 15.4. The van der Waals surface area contributed by atoms with Gasteiger partial charge in [0.25, 0.3) is 0 Å². The van der Waals surface area contributed by atoms with E-state index in [0.29, 0.717) is 0 Å². The Labute approximate surface area is 261 Å². The second kappa shape index (κ2) is 10.4. The highest BCUT2D eigenvalue weighted by molar-refractivity contribution is 6.23. The number of benzene rings is 8. The maximum Gasteiger partial charge on any atom is 0.143 e. The fourth-order valence-electron chi connectivity index (χ4n) is 7.06. The smallest absolute Gasteiger partial charge is 0.143 e. The van der Waals surface area contributed by atoms with E-state index >= 15 is 0 Å². The molecule has 0 saturated carbocycles. The Morgan fingerprint density at radius 2 is 0.644 bits per heavy atom. The van der Waals surface area contributed by atoms with Crippen molar-refractivity contribution in [3.05, 3.63) is 170 Å². The van der Waals surface area contributed by atoms with Gasteiger partial charge in [-0.1, -0.05) is 164 Å². The number of furan rings is 1. The predicted molar refractivity (Wildman–Crippen MR) is 190 cm³/mol. The predicted octanol–water partition coefficient (Wildman–Crippen LogP) is 12.6. The van der Waals surface area contributed by atoms with Gasteiger partial charge in [0.05, 0.1) is 0 Å². The summed E-state index contributed by atoms with van der Waals surface area (Å²) in [4.78, 5) is 0. The van der Waals surface area contributed by atoms with Gasteiger partial charge < -0.3 is 4.42 Å². The maximum absolute atomic E-state index is 6.95. The lowest BCUT2D eigenvalue weighted by Crippen LogP contribution is -1.91. The molecule has 0 saturated heterocycles. The minimum absolute atomic E-state index is 0.917. The Morgan fingerprint density at radius 3 is 1.13 bits per heavy atom. The highest BCUT2D eigenvalue weighted by Crippen LogP contribution is 2.46. The van der Waals surface area contributed by atoms with E-state index in [1.54, 1.807) is 0 Å². The average molecular weight is 573 g/mol. The van der Waals surface area contributed by atoms with Gasteiger partial charge in [0.2, 0.25) is 0 Å². The number of hydrogen-bond donors (Lipinski definition) is 0. The first-order valence-corrected chi connectivity index (χ1v) is 15.4. The normalized spacial score (nSPS) is 11.6. The van der Waals surface area contributed by atoms with Crippen molar-refractivity contribution in [3.8, 4) is 44.5 Å². The number of rotatable bonds is 4. The Hall–Kier alpha value is -5.92. The standard InChI is InChI=1S/C44H28O/c1-4-14-29(15-5-1)32-20-10-23-35-40(32)28-41-33(30-16-6-2-7-17-30)21-11-24-36(41)42(35)39-27-13-26-38-37-25-12-22-34(43(37)45-44(38)39)31-18-8-3-9-19-31/h1-28H. The monoisotopic (exact) mass is 572 g/mol. The minimum atomic E-state index is 0.917. The number of para-hydroxylation sites is 2. The second-order valence-corrected chi connectivity index (χ2v) is 11.6. The third-order valence-corrected chi connectivity index (χ3v) is 9.09. The molecule has 0 aliphatic carbocycles. The molecule has 0 fully saturated rings. The highest BCUT2D eigenvalue weighted by Gasteiger charge is 2.20. The van der Waals surface area contributed by atoms with Crippen molar-refractivity contribution < 1.29 is 4.42 Å². The van der Waals surface area contributed by atoms with Crippen LogP contribution >= 0.6 is 0 Å². The molecule has 210 valence electrons. The molecule has 0 unspecified atom stereocenters. The van der Waals surface area contributed by atoms with Crippen LogP contribution in [0.25, 0.3) is 88.0 Å². The zero-order valence-electron chi connectivity index (χ0n) is 24.6. The minimum Gasteiger partial charge on any atom is -0.455 e. The zero-order valence-corrected chi connectivity index (χ0v) is 24.6. The summed E-state index contributed by atoms with van der Waals surface area (Å²) in [6.45, 7) is 0. The van der Waals surface area contributed by atoms with Crippen molar-refractivity contribution in [2.45, 2.75) is 0 Å². The molecule has 1 heterocycles. The van der Waals surface area contributed by atoms with Crippen molar-refractivity contribution in [2.24, 2.45) is 0 Å². The van der Waals surface area contributed by atoms with Crippen molar-refractivity contribution >= 4 is 43.5 Å². The largest absolute Gasteiger partial charge is 0.455 e. The Bertz CT molecular complexity index is 2410. The number of hydrogen-bond acceptors (Lipinski definition) is 1. The van der Waals surface area contributed by atoms with E-state index in [1.807, 2.05) is 0 Å². The molecule has 0 atom stereocenters. The highest BCUT2D eigenvalue weighted by atomic mass is 16.3. The van der Waals surface area contributed by atoms with Crippen LogP contribution in [0.3, 0.4) is 0 Å². The second-order valence-electron chi connectivity index (χ2n) is 11.6. The SMILES string of the molecule is c1ccc(-c2cccc3c(-c4cccc5c4oc4c(-c6ccccc6)cccc45)c4cccc(-c5ccccc5)c4cc23)cc1. The van der Waals surface area contributed by atoms with Crippen LogP contribution in [0.15, 0.2) is 174 Å². The van der Waals surface area contributed by atoms with Crippen molar-refractivity contribution in [3.63, 3.8) is 0 Å². The van der Waals surface area contributed by atoms with E-state index in [0.717, 1.165) is 38.6 Å². The topological polar surface area (TPSA) is 13.1 Å². The Morgan fingerprint density at radius 1 is 0.267 bits per heavy atom. The third kappa shape index (κ3) is 4.09. The Kier molecular flexibility index (Phi) is 5.89. The molecular formula is C44H28O. The van der Waals surface area contributed by atoms with Crippen LogP contribution in [-0.2, 0) is 0 Å². The van der Waals surface area contributed by atoms with Crippen LogP contribution in [0.2, 0.25) is 0 Å². The van der Waals surface area contributed by atoms with Crippen LogP contribution in [0.1, 0.15) is 0 Å². The van der Waals surface area contributed by atoms with E-state index in [1.165, 1.54) is 49.4 Å². The van der Waals surface area contributed by atoms with Crippen LogP contribution < -0.4 is 0 Å². The quantitative estimate of drug-likeness (QED) is 0.191. The van der Waals surface area contributed by atoms with Gasteiger partial charge in [0, 0.05) is 27.5 Å². The summed E-state index contributed by atoms with van der Waals surface area (Å²) in [5.41, 5.74) is 11.3. The molecule has 0 aliphatic heterocycles. The lowest BCUT2D eigenvalue weighted by atomic mass is 9.86. The fourth-order valence-corrected chi connectivity index (χ4v) is 7.06. The van der Waals surface area contributed by atoms with Gasteiger partial charge in [0.1, 0.15) is 11.2 Å². The molecule has 0 radical (unpaired) electrons. The van der Waals surface area contributed by atoms with Crippen LogP contribution in [-0.4, -0.2) is 0 Å². The van der Waals surface area contributed by atoms with E-state index in [4.69, 9.17) is 4.42 Å². The third-order valence-electron chi connectivity index (χ3n) is 9.09. The summed E-state index contributed by atoms with van der Waals surface area (Å²) in [7, 11) is 0. The molecule has 9 rings (SSSR count). The van der Waals surface area contributed by atoms with E-state index < -0.39 is 0 Å². The van der Waals surface area contributed by atoms with Crippen LogP contribution in [0.4, 0.5) is 0 Å². The summed E-state index contributed by atoms with van der Waals surface area (Å²) in [6.07, 6.45) is 0. The summed E-state index contributed by atoms with van der Waals surface area (Å²) in [5.74, 6) is 0. The molecule has 1 nitrogen and oxygen atoms in total. The summed E-state index contributed by atoms with van der Waals surface area (Å²) < 4.78 is 6.95. The van der Waals surface area contributed by atoms with Gasteiger partial charge >= 0.3 is 0 Å². The summed E-state index contributed by atoms with van der Waals surface area (Å²) in [6, 6.07) is 60.8. The van der Waals surface area contributed by atoms with Crippen molar-refractivity contribution in [2.75, 3.05) is 0 Å².